The summed E-state index contributed by atoms with van der Waals surface area (Å²) >= 11 is 4.70. The van der Waals surface area contributed by atoms with Gasteiger partial charge in [0.15, 0.2) is 27.8 Å². The number of rotatable bonds is 14. The standard InChI is InChI=1S/C37H37BrN2O7S/c1-6-10-26-17-24(18-31(46-9-4)34(26)47-22-23-11-14-27(38)15-12-23)19-32-35(41)40-33(28(36(42)43-5)21-39-37(40)48-32)25-13-16-29(44-7-2)30(20-25)45-8-3/h6,11-21,33H,1,7-10,22H2,2-5H3/b32-19-/t33-/m1/s1. The fraction of sp³-hybridized carbons (Fsp3) is 0.270. The van der Waals surface area contributed by atoms with Crippen molar-refractivity contribution in [3.05, 3.63) is 125 Å². The molecule has 48 heavy (non-hydrogen) atoms. The summed E-state index contributed by atoms with van der Waals surface area (Å²) in [7, 11) is 1.30. The van der Waals surface area contributed by atoms with Crippen LogP contribution in [0.25, 0.3) is 6.08 Å². The maximum Gasteiger partial charge on any atom is 0.337 e. The molecular formula is C37H37BrN2O7S. The highest BCUT2D eigenvalue weighted by Gasteiger charge is 2.31. The van der Waals surface area contributed by atoms with Crippen LogP contribution in [0.2, 0.25) is 0 Å². The molecule has 0 amide bonds. The molecule has 9 nitrogen and oxygen atoms in total. The topological polar surface area (TPSA) is 97.6 Å². The van der Waals surface area contributed by atoms with E-state index in [9.17, 15) is 9.59 Å². The highest BCUT2D eigenvalue weighted by molar-refractivity contribution is 9.10. The Bertz CT molecular complexity index is 2010. The van der Waals surface area contributed by atoms with Crippen molar-refractivity contribution in [1.82, 2.24) is 4.57 Å². The van der Waals surface area contributed by atoms with E-state index < -0.39 is 12.0 Å². The summed E-state index contributed by atoms with van der Waals surface area (Å²) in [5.41, 5.74) is 3.21. The highest BCUT2D eigenvalue weighted by Crippen LogP contribution is 2.36. The fourth-order valence-corrected chi connectivity index (χ4v) is 6.61. The maximum absolute atomic E-state index is 14.2. The SMILES string of the molecule is C=CCc1cc(/C=c2\sc3n(c2=O)[C@H](c2ccc(OCC)c(OCC)c2)C(C(=O)OC)=CN=3)cc(OCC)c1OCc1ccc(Br)cc1. The summed E-state index contributed by atoms with van der Waals surface area (Å²) in [6, 6.07) is 16.4. The number of nitrogens with zero attached hydrogens (tertiary/aromatic N) is 2. The Labute approximate surface area is 291 Å². The van der Waals surface area contributed by atoms with E-state index in [-0.39, 0.29) is 11.1 Å². The Hall–Kier alpha value is -4.61. The lowest BCUT2D eigenvalue weighted by atomic mass is 9.97. The lowest BCUT2D eigenvalue weighted by molar-refractivity contribution is -0.136. The van der Waals surface area contributed by atoms with Crippen LogP contribution >= 0.6 is 27.3 Å². The zero-order chi connectivity index (χ0) is 34.2. The Balaban J connectivity index is 1.61. The number of ether oxygens (including phenoxy) is 5. The van der Waals surface area contributed by atoms with Gasteiger partial charge in [-0.2, -0.15) is 0 Å². The molecule has 0 saturated carbocycles. The van der Waals surface area contributed by atoms with Crippen molar-refractivity contribution >= 4 is 39.3 Å². The Morgan fingerprint density at radius 2 is 1.67 bits per heavy atom. The molecule has 1 atom stereocenters. The summed E-state index contributed by atoms with van der Waals surface area (Å²) in [4.78, 5) is 32.1. The van der Waals surface area contributed by atoms with Crippen LogP contribution in [0, 0.1) is 0 Å². The molecule has 0 aliphatic carbocycles. The molecule has 0 bridgehead atoms. The zero-order valence-corrected chi connectivity index (χ0v) is 29.7. The van der Waals surface area contributed by atoms with Crippen LogP contribution in [0.3, 0.4) is 0 Å². The normalized spacial score (nSPS) is 14.0. The van der Waals surface area contributed by atoms with Gasteiger partial charge in [0.05, 0.1) is 43.1 Å². The first-order valence-electron chi connectivity index (χ1n) is 15.6. The van der Waals surface area contributed by atoms with Crippen molar-refractivity contribution in [2.45, 2.75) is 39.8 Å². The van der Waals surface area contributed by atoms with Gasteiger partial charge in [-0.3, -0.25) is 9.36 Å². The summed E-state index contributed by atoms with van der Waals surface area (Å²) in [5.74, 6) is 1.70. The molecule has 11 heteroatoms. The van der Waals surface area contributed by atoms with Gasteiger partial charge in [0.25, 0.3) is 5.56 Å². The minimum atomic E-state index is -0.796. The number of carbonyl (C=O) groups is 1. The lowest BCUT2D eigenvalue weighted by Crippen LogP contribution is -2.39. The fourth-order valence-electron chi connectivity index (χ4n) is 5.38. The molecule has 1 aliphatic heterocycles. The van der Waals surface area contributed by atoms with Crippen LogP contribution in [-0.4, -0.2) is 37.5 Å². The van der Waals surface area contributed by atoms with E-state index in [1.807, 2.05) is 63.2 Å². The molecular weight excluding hydrogens is 696 g/mol. The molecule has 1 aromatic heterocycles. The van der Waals surface area contributed by atoms with E-state index in [2.05, 4.69) is 27.5 Å². The third-order valence-corrected chi connectivity index (χ3v) is 8.95. The molecule has 0 fully saturated rings. The van der Waals surface area contributed by atoms with E-state index in [1.165, 1.54) is 29.2 Å². The number of thiazole rings is 1. The van der Waals surface area contributed by atoms with Crippen LogP contribution in [-0.2, 0) is 22.6 Å². The minimum Gasteiger partial charge on any atom is -0.490 e. The largest absolute Gasteiger partial charge is 0.490 e. The van der Waals surface area contributed by atoms with Crippen LogP contribution in [0.1, 0.15) is 49.1 Å². The van der Waals surface area contributed by atoms with Crippen molar-refractivity contribution < 1.29 is 28.5 Å². The van der Waals surface area contributed by atoms with Crippen LogP contribution in [0.4, 0.5) is 0 Å². The predicted octanol–water partition coefficient (Wildman–Crippen LogP) is 6.28. The molecule has 3 aromatic carbocycles. The van der Waals surface area contributed by atoms with Crippen LogP contribution in [0.15, 0.2) is 93.3 Å². The Morgan fingerprint density at radius 3 is 2.35 bits per heavy atom. The number of allylic oxidation sites excluding steroid dienone is 1. The quantitative estimate of drug-likeness (QED) is 0.111. The molecule has 250 valence electrons. The summed E-state index contributed by atoms with van der Waals surface area (Å²) in [5, 5.41) is 0. The maximum atomic E-state index is 14.2. The number of esters is 1. The van der Waals surface area contributed by atoms with Crippen molar-refractivity contribution in [2.24, 2.45) is 4.99 Å². The molecule has 1 aliphatic rings. The molecule has 0 saturated heterocycles. The Morgan fingerprint density at radius 1 is 0.958 bits per heavy atom. The average molecular weight is 734 g/mol. The average Bonchev–Trinajstić information content (AvgIpc) is 3.40. The van der Waals surface area contributed by atoms with Crippen molar-refractivity contribution in [2.75, 3.05) is 26.9 Å². The molecule has 5 rings (SSSR count). The third-order valence-electron chi connectivity index (χ3n) is 7.42. The van der Waals surface area contributed by atoms with Crippen molar-refractivity contribution in [3.63, 3.8) is 0 Å². The number of fused-ring (bicyclic) bond motifs is 1. The number of halogens is 1. The van der Waals surface area contributed by atoms with E-state index in [1.54, 1.807) is 24.3 Å². The van der Waals surface area contributed by atoms with Gasteiger partial charge in [0.1, 0.15) is 6.61 Å². The first-order valence-corrected chi connectivity index (χ1v) is 17.2. The first kappa shape index (κ1) is 34.7. The van der Waals surface area contributed by atoms with E-state index in [0.29, 0.717) is 70.7 Å². The first-order chi connectivity index (χ1) is 23.3. The predicted molar refractivity (Wildman–Crippen MR) is 190 cm³/mol. The molecule has 0 unspecified atom stereocenters. The summed E-state index contributed by atoms with van der Waals surface area (Å²) in [6.07, 6.45) is 5.60. The van der Waals surface area contributed by atoms with Gasteiger partial charge in [-0.15, -0.1) is 6.58 Å². The van der Waals surface area contributed by atoms with Gasteiger partial charge in [0, 0.05) is 16.2 Å². The lowest BCUT2D eigenvalue weighted by Gasteiger charge is -2.23. The van der Waals surface area contributed by atoms with Gasteiger partial charge in [-0.25, -0.2) is 9.79 Å². The van der Waals surface area contributed by atoms with E-state index >= 15 is 0 Å². The number of benzene rings is 3. The number of methoxy groups -OCH3 is 1. The summed E-state index contributed by atoms with van der Waals surface area (Å²) < 4.78 is 32.0. The minimum absolute atomic E-state index is 0.224. The van der Waals surface area contributed by atoms with Crippen molar-refractivity contribution in [1.29, 1.82) is 0 Å². The van der Waals surface area contributed by atoms with Crippen molar-refractivity contribution in [3.8, 4) is 23.0 Å². The van der Waals surface area contributed by atoms with Crippen LogP contribution < -0.4 is 33.8 Å². The van der Waals surface area contributed by atoms with Gasteiger partial charge in [0.2, 0.25) is 0 Å². The number of aromatic nitrogens is 1. The van der Waals surface area contributed by atoms with Gasteiger partial charge in [-0.1, -0.05) is 51.5 Å². The monoisotopic (exact) mass is 732 g/mol. The molecule has 0 N–H and O–H groups in total. The van der Waals surface area contributed by atoms with E-state index in [4.69, 9.17) is 23.7 Å². The van der Waals surface area contributed by atoms with Gasteiger partial charge < -0.3 is 23.7 Å². The molecule has 2 heterocycles. The molecule has 4 aromatic rings. The van der Waals surface area contributed by atoms with Gasteiger partial charge >= 0.3 is 5.97 Å². The molecule has 0 spiro atoms. The second-order valence-corrected chi connectivity index (χ2v) is 12.5. The van der Waals surface area contributed by atoms with Crippen LogP contribution in [0.5, 0.6) is 23.0 Å². The van der Waals surface area contributed by atoms with E-state index in [0.717, 1.165) is 21.2 Å². The second kappa shape index (κ2) is 16.0. The number of hydrogen-bond acceptors (Lipinski definition) is 9. The summed E-state index contributed by atoms with van der Waals surface area (Å²) in [6.45, 7) is 11.3. The third kappa shape index (κ3) is 7.58. The Kier molecular flexibility index (Phi) is 11.6. The zero-order valence-electron chi connectivity index (χ0n) is 27.3. The highest BCUT2D eigenvalue weighted by atomic mass is 79.9. The number of hydrogen-bond donors (Lipinski definition) is 0. The second-order valence-electron chi connectivity index (χ2n) is 10.6. The van der Waals surface area contributed by atoms with Gasteiger partial charge in [-0.05, 0) is 86.4 Å². The number of carbonyl (C=O) groups excluding carboxylic acids is 1. The molecule has 0 radical (unpaired) electrons. The smallest absolute Gasteiger partial charge is 0.337 e.